The molecule has 29 nitrogen and oxygen atoms in total. The first kappa shape index (κ1) is 104. The number of methoxy groups -OCH3 is 2. The Morgan fingerprint density at radius 3 is 0.880 bits per heavy atom. The second kappa shape index (κ2) is 56.4. The molecule has 3 aliphatic rings. The number of esters is 7. The summed E-state index contributed by atoms with van der Waals surface area (Å²) in [4.78, 5) is 147. The van der Waals surface area contributed by atoms with E-state index in [4.69, 9.17) is 57.6 Å². The molecule has 7 N–H and O–H groups in total. The van der Waals surface area contributed by atoms with Crippen molar-refractivity contribution in [1.82, 2.24) is 21.3 Å². The molecule has 0 saturated heterocycles. The van der Waals surface area contributed by atoms with Gasteiger partial charge in [-0.1, -0.05) is 243 Å². The van der Waals surface area contributed by atoms with Crippen LogP contribution in [0, 0.1) is 41.4 Å². The topological polar surface area (TPSA) is 406 Å². The molecule has 3 fully saturated rings. The number of aliphatic carboxylic acids is 1. The van der Waals surface area contributed by atoms with Crippen LogP contribution in [0.1, 0.15) is 236 Å². The number of hydrogen-bond donors (Lipinski definition) is 7. The minimum Gasteiger partial charge on any atom is -0.479 e. The number of carbonyl (C=O) groups is 12. The van der Waals surface area contributed by atoms with Gasteiger partial charge in [0.1, 0.15) is 67.9 Å². The van der Waals surface area contributed by atoms with Crippen molar-refractivity contribution in [2.45, 2.75) is 312 Å². The van der Waals surface area contributed by atoms with Crippen molar-refractivity contribution in [3.8, 4) is 0 Å². The number of carbonyl (C=O) groups excluding carboxylic acids is 11. The zero-order valence-electron chi connectivity index (χ0n) is 72.2. The summed E-state index contributed by atoms with van der Waals surface area (Å²) in [6, 6.07) is 23.9. The van der Waals surface area contributed by atoms with Crippen molar-refractivity contribution in [3.05, 3.63) is 108 Å². The number of aliphatic hydroxyl groups is 2. The van der Waals surface area contributed by atoms with Gasteiger partial charge in [0, 0.05) is 21.3 Å². The van der Waals surface area contributed by atoms with E-state index in [1.807, 2.05) is 105 Å². The fraction of sp³-hybridized carbons (Fsp3) is 0.659. The fourth-order valence-corrected chi connectivity index (χ4v) is 12.8. The Hall–Kier alpha value is -9.06. The van der Waals surface area contributed by atoms with Crippen molar-refractivity contribution in [1.29, 1.82) is 0 Å². The van der Waals surface area contributed by atoms with Gasteiger partial charge in [0.05, 0.1) is 0 Å². The van der Waals surface area contributed by atoms with E-state index in [1.54, 1.807) is 62.3 Å². The number of ether oxygens (including phenoxy) is 10. The zero-order chi connectivity index (χ0) is 87.9. The Morgan fingerprint density at radius 1 is 0.368 bits per heavy atom. The zero-order valence-corrected chi connectivity index (χ0v) is 72.2. The summed E-state index contributed by atoms with van der Waals surface area (Å²) < 4.78 is 52.1. The molecule has 3 aliphatic carbocycles. The molecule has 0 aliphatic heterocycles. The van der Waals surface area contributed by atoms with Crippen LogP contribution in [0.5, 0.6) is 0 Å². The predicted octanol–water partition coefficient (Wildman–Crippen LogP) is 11.9. The summed E-state index contributed by atoms with van der Waals surface area (Å²) in [6.45, 7) is 25.2. The molecule has 117 heavy (non-hydrogen) atoms. The third-order valence-electron chi connectivity index (χ3n) is 19.7. The Balaban J connectivity index is 0.000000527. The van der Waals surface area contributed by atoms with Crippen molar-refractivity contribution in [2.75, 3.05) is 21.3 Å². The molecule has 4 amide bonds. The van der Waals surface area contributed by atoms with Gasteiger partial charge in [0.15, 0.2) is 24.4 Å². The number of aliphatic hydroxyl groups excluding tert-OH is 2. The molecular formula is C88H136N4O25. The van der Waals surface area contributed by atoms with Gasteiger partial charge >= 0.3 is 53.8 Å². The number of benzene rings is 3. The molecule has 11 atom stereocenters. The molecule has 3 aromatic carbocycles. The molecule has 3 saturated carbocycles. The summed E-state index contributed by atoms with van der Waals surface area (Å²) in [5.74, 6) is -7.03. The fourth-order valence-electron chi connectivity index (χ4n) is 12.8. The second-order valence-electron chi connectivity index (χ2n) is 32.2. The number of rotatable bonds is 37. The molecule has 658 valence electrons. The molecule has 0 aromatic heterocycles. The van der Waals surface area contributed by atoms with Crippen molar-refractivity contribution in [3.63, 3.8) is 0 Å². The van der Waals surface area contributed by atoms with Gasteiger partial charge in [-0.05, 0) is 126 Å². The minimum absolute atomic E-state index is 0.0826. The van der Waals surface area contributed by atoms with E-state index < -0.39 is 132 Å². The van der Waals surface area contributed by atoms with Gasteiger partial charge < -0.3 is 84.0 Å². The summed E-state index contributed by atoms with van der Waals surface area (Å²) in [5.41, 5.74) is 1.81. The maximum absolute atomic E-state index is 12.8. The Morgan fingerprint density at radius 2 is 0.624 bits per heavy atom. The Kier molecular flexibility index (Phi) is 50.1. The molecule has 3 aromatic rings. The molecule has 0 unspecified atom stereocenters. The summed E-state index contributed by atoms with van der Waals surface area (Å²) in [6.07, 6.45) is 11.1. The van der Waals surface area contributed by atoms with Gasteiger partial charge in [-0.25, -0.2) is 43.2 Å². The summed E-state index contributed by atoms with van der Waals surface area (Å²) >= 11 is 0. The number of carboxylic acid groups (broad SMARTS) is 1. The van der Waals surface area contributed by atoms with Gasteiger partial charge in [-0.2, -0.15) is 0 Å². The quantitative estimate of drug-likeness (QED) is 0.0208. The Labute approximate surface area is 692 Å². The highest BCUT2D eigenvalue weighted by Crippen LogP contribution is 2.31. The number of alkyl carbamates (subject to hydrolysis) is 1. The number of amides is 4. The van der Waals surface area contributed by atoms with E-state index in [1.165, 1.54) is 86.9 Å². The maximum atomic E-state index is 12.8. The average molecular weight is 1650 g/mol. The lowest BCUT2D eigenvalue weighted by atomic mass is 9.85. The molecule has 6 rings (SSSR count). The van der Waals surface area contributed by atoms with Crippen LogP contribution in [0.25, 0.3) is 0 Å². The highest BCUT2D eigenvalue weighted by Gasteiger charge is 2.38. The first-order valence-electron chi connectivity index (χ1n) is 41.1. The van der Waals surface area contributed by atoms with Gasteiger partial charge in [0.2, 0.25) is 17.7 Å². The van der Waals surface area contributed by atoms with E-state index in [0.717, 1.165) is 75.2 Å². The lowest BCUT2D eigenvalue weighted by Crippen LogP contribution is -2.50. The van der Waals surface area contributed by atoms with Crippen LogP contribution >= 0.6 is 0 Å². The first-order chi connectivity index (χ1) is 55.3. The van der Waals surface area contributed by atoms with Crippen molar-refractivity contribution >= 4 is 71.6 Å². The molecule has 0 radical (unpaired) electrons. The van der Waals surface area contributed by atoms with Crippen LogP contribution in [-0.2, 0) is 120 Å². The van der Waals surface area contributed by atoms with Crippen molar-refractivity contribution < 1.29 is 120 Å². The molecule has 0 bridgehead atoms. The van der Waals surface area contributed by atoms with Crippen LogP contribution < -0.4 is 21.3 Å². The van der Waals surface area contributed by atoms with Crippen LogP contribution in [0.4, 0.5) is 4.79 Å². The van der Waals surface area contributed by atoms with Crippen LogP contribution in [0.15, 0.2) is 91.0 Å². The average Bonchev–Trinajstić information content (AvgIpc) is 0.880. The van der Waals surface area contributed by atoms with Gasteiger partial charge in [0.25, 0.3) is 0 Å². The molecular weight excluding hydrogens is 1510 g/mol. The standard InChI is InChI=1S/C25H37NO6.C24H35NO6.C20H29NO6.C18H31NO6.CH4O/c1-17(2)22(26-23(27)21(30-4)15-19-11-7-5-8-12-19)25(29)32-18(3)24(28)31-16-20-13-9-6-10-14-20;1-16(2)21(25-22(27)20(26)14-18-10-6-4-7-11-18)24(29)31-17(3)23(28)30-15-19-12-8-5-9-13-19;1-13(2)16(21-19(24)27-20(4,5)6)18(23)26-14(3)17(22)25-12-15-10-8-7-9-11-15;1-11(2)15(18(23)25-12(3)17(21)22)19-16(20)14(24-4)10-13-8-6-5-7-9-13;1-2/h6,9-10,13-14,17-19,21-22H,5,7-8,11-12,15-16H2,1-4H3,(H,26,27);5,8-9,12-13,16-18,20-21,26H,4,6-7,10-11,14-15H2,1-3H3,(H,25,27);7-11,13-14,16H,12H2,1-6H3,(H,21,24);11-15H,5-10H2,1-4H3,(H,19,20)(H,21,22);2H,1H3/t18-,21+,22+;17-,20+,21+;14-,16+;12-,14+,15+;/m0000./s1. The highest BCUT2D eigenvalue weighted by atomic mass is 16.6. The van der Waals surface area contributed by atoms with E-state index in [9.17, 15) is 62.6 Å². The van der Waals surface area contributed by atoms with E-state index >= 15 is 0 Å². The third-order valence-corrected chi connectivity index (χ3v) is 19.7. The normalized spacial score (nSPS) is 16.6. The lowest BCUT2D eigenvalue weighted by Gasteiger charge is -2.28. The highest BCUT2D eigenvalue weighted by molar-refractivity contribution is 5.90. The Bertz CT molecular complexity index is 3430. The first-order valence-corrected chi connectivity index (χ1v) is 41.1. The predicted molar refractivity (Wildman–Crippen MR) is 436 cm³/mol. The smallest absolute Gasteiger partial charge is 0.408 e. The van der Waals surface area contributed by atoms with Crippen LogP contribution in [-0.4, -0.2) is 181 Å². The summed E-state index contributed by atoms with van der Waals surface area (Å²) in [5, 5.41) is 36.7. The largest absolute Gasteiger partial charge is 0.479 e. The van der Waals surface area contributed by atoms with Crippen LogP contribution in [0.3, 0.4) is 0 Å². The van der Waals surface area contributed by atoms with Crippen LogP contribution in [0.2, 0.25) is 0 Å². The van der Waals surface area contributed by atoms with E-state index in [-0.39, 0.29) is 55.3 Å². The van der Waals surface area contributed by atoms with Crippen molar-refractivity contribution in [2.24, 2.45) is 41.4 Å². The molecule has 29 heteroatoms. The van der Waals surface area contributed by atoms with E-state index in [0.29, 0.717) is 37.0 Å². The van der Waals surface area contributed by atoms with Gasteiger partial charge in [-0.15, -0.1) is 0 Å². The SMILES string of the molecule is CC(C)[C@@H](NC(=O)OC(C)(C)C)C(=O)O[C@@H](C)C(=O)OCc1ccccc1.CC(C)[C@@H](NC(=O)[C@H](O)CC1CCCCC1)C(=O)O[C@@H](C)C(=O)OCc1ccccc1.CO.CO[C@H](CC1CCCCC1)C(=O)N[C@@H](C(=O)O[C@@H](C)C(=O)O)C(C)C.CO[C@H](CC1CCCCC1)C(=O)N[C@@H](C(=O)O[C@@H](C)C(=O)OCc1ccccc1)C(C)C. The number of hydrogen-bond acceptors (Lipinski definition) is 24. The third kappa shape index (κ3) is 42.3. The lowest BCUT2D eigenvalue weighted by molar-refractivity contribution is -0.169. The maximum Gasteiger partial charge on any atom is 0.408 e. The minimum atomic E-state index is -1.26. The number of carboxylic acids is 1. The summed E-state index contributed by atoms with van der Waals surface area (Å²) in [7, 11) is 4.00. The number of nitrogens with one attached hydrogen (secondary N) is 4. The second-order valence-corrected chi connectivity index (χ2v) is 32.2. The molecule has 0 heterocycles. The monoisotopic (exact) mass is 1650 g/mol. The van der Waals surface area contributed by atoms with E-state index in [2.05, 4.69) is 21.3 Å². The molecule has 0 spiro atoms. The van der Waals surface area contributed by atoms with Gasteiger partial charge in [-0.3, -0.25) is 14.4 Å².